The second-order valence-electron chi connectivity index (χ2n) is 4.28. The van der Waals surface area contributed by atoms with Crippen molar-refractivity contribution in [2.75, 3.05) is 18.0 Å². The first-order chi connectivity index (χ1) is 7.20. The highest BCUT2D eigenvalue weighted by atomic mass is 32.1. The molecule has 84 valence electrons. The molecule has 0 amide bonds. The number of anilines is 1. The van der Waals surface area contributed by atoms with Crippen LogP contribution in [0.4, 0.5) is 5.13 Å². The van der Waals surface area contributed by atoms with E-state index in [9.17, 15) is 0 Å². The minimum Gasteiger partial charge on any atom is -0.344 e. The summed E-state index contributed by atoms with van der Waals surface area (Å²) in [6.07, 6.45) is 2.45. The number of aryl methyl sites for hydroxylation is 1. The fourth-order valence-corrected chi connectivity index (χ4v) is 2.84. The van der Waals surface area contributed by atoms with Gasteiger partial charge in [-0.1, -0.05) is 11.3 Å². The van der Waals surface area contributed by atoms with Gasteiger partial charge in [0, 0.05) is 12.6 Å². The molecule has 2 unspecified atom stereocenters. The maximum absolute atomic E-state index is 5.73. The summed E-state index contributed by atoms with van der Waals surface area (Å²) in [4.78, 5) is 2.35. The zero-order valence-corrected chi connectivity index (χ0v) is 10.1. The zero-order chi connectivity index (χ0) is 10.8. The number of piperidine rings is 1. The molecule has 0 aromatic carbocycles. The average Bonchev–Trinajstić information content (AvgIpc) is 2.65. The molecule has 2 atom stereocenters. The van der Waals surface area contributed by atoms with E-state index < -0.39 is 0 Å². The van der Waals surface area contributed by atoms with Crippen LogP contribution in [-0.2, 0) is 0 Å². The predicted molar refractivity (Wildman–Crippen MR) is 63.2 cm³/mol. The highest BCUT2D eigenvalue weighted by Crippen LogP contribution is 2.29. The lowest BCUT2D eigenvalue weighted by Gasteiger charge is -2.37. The van der Waals surface area contributed by atoms with Gasteiger partial charge in [0.1, 0.15) is 5.01 Å². The summed E-state index contributed by atoms with van der Waals surface area (Å²) in [6.45, 7) is 6.06. The normalized spacial score (nSPS) is 27.0. The highest BCUT2D eigenvalue weighted by Gasteiger charge is 2.26. The summed E-state index contributed by atoms with van der Waals surface area (Å²) in [5.74, 6) is 0.616. The van der Waals surface area contributed by atoms with Crippen LogP contribution in [0.5, 0.6) is 0 Å². The van der Waals surface area contributed by atoms with Gasteiger partial charge in [-0.25, -0.2) is 0 Å². The Labute approximate surface area is 94.5 Å². The van der Waals surface area contributed by atoms with Crippen molar-refractivity contribution in [3.05, 3.63) is 5.01 Å². The van der Waals surface area contributed by atoms with Crippen molar-refractivity contribution >= 4 is 16.5 Å². The summed E-state index contributed by atoms with van der Waals surface area (Å²) in [5, 5.41) is 10.4. The van der Waals surface area contributed by atoms with Crippen molar-refractivity contribution < 1.29 is 0 Å². The number of hydrogen-bond acceptors (Lipinski definition) is 5. The standard InChI is InChI=1S/C10H18N4S/c1-7-3-4-9(5-11)6-14(7)10-13-12-8(2)15-10/h7,9H,3-6,11H2,1-2H3. The van der Waals surface area contributed by atoms with Crippen LogP contribution < -0.4 is 10.6 Å². The van der Waals surface area contributed by atoms with E-state index in [1.807, 2.05) is 6.92 Å². The lowest BCUT2D eigenvalue weighted by molar-refractivity contribution is 0.373. The molecule has 1 aliphatic heterocycles. The molecule has 0 radical (unpaired) electrons. The third kappa shape index (κ3) is 2.29. The summed E-state index contributed by atoms with van der Waals surface area (Å²) in [5.41, 5.74) is 5.73. The lowest BCUT2D eigenvalue weighted by atomic mass is 9.94. The molecule has 2 N–H and O–H groups in total. The maximum atomic E-state index is 5.73. The molecular formula is C10H18N4S. The molecule has 1 aromatic heterocycles. The van der Waals surface area contributed by atoms with E-state index in [2.05, 4.69) is 22.0 Å². The molecular weight excluding hydrogens is 208 g/mol. The molecule has 1 fully saturated rings. The first-order valence-corrected chi connectivity index (χ1v) is 6.29. The summed E-state index contributed by atoms with van der Waals surface area (Å²) in [6, 6.07) is 0.570. The van der Waals surface area contributed by atoms with E-state index >= 15 is 0 Å². The number of nitrogens with zero attached hydrogens (tertiary/aromatic N) is 3. The van der Waals surface area contributed by atoms with Gasteiger partial charge in [0.15, 0.2) is 0 Å². The SMILES string of the molecule is Cc1nnc(N2CC(CN)CCC2C)s1. The Morgan fingerprint density at radius 1 is 1.47 bits per heavy atom. The molecule has 0 bridgehead atoms. The Morgan fingerprint density at radius 3 is 2.87 bits per heavy atom. The maximum Gasteiger partial charge on any atom is 0.208 e. The van der Waals surface area contributed by atoms with Gasteiger partial charge in [0.05, 0.1) is 0 Å². The van der Waals surface area contributed by atoms with Crippen molar-refractivity contribution in [2.45, 2.75) is 32.7 Å². The Balaban J connectivity index is 2.12. The van der Waals surface area contributed by atoms with E-state index in [-0.39, 0.29) is 0 Å². The van der Waals surface area contributed by atoms with E-state index in [0.717, 1.165) is 23.2 Å². The third-order valence-electron chi connectivity index (χ3n) is 3.07. The van der Waals surface area contributed by atoms with Crippen LogP contribution in [0, 0.1) is 12.8 Å². The molecule has 1 saturated heterocycles. The van der Waals surface area contributed by atoms with Crippen LogP contribution in [0.15, 0.2) is 0 Å². The van der Waals surface area contributed by atoms with Crippen LogP contribution in [0.2, 0.25) is 0 Å². The van der Waals surface area contributed by atoms with Gasteiger partial charge in [-0.05, 0) is 39.2 Å². The number of aromatic nitrogens is 2. The van der Waals surface area contributed by atoms with Gasteiger partial charge in [0.25, 0.3) is 0 Å². The van der Waals surface area contributed by atoms with E-state index in [4.69, 9.17) is 5.73 Å². The van der Waals surface area contributed by atoms with E-state index in [0.29, 0.717) is 12.0 Å². The molecule has 15 heavy (non-hydrogen) atoms. The average molecular weight is 226 g/mol. The fourth-order valence-electron chi connectivity index (χ4n) is 2.04. The van der Waals surface area contributed by atoms with Crippen molar-refractivity contribution in [2.24, 2.45) is 11.7 Å². The van der Waals surface area contributed by atoms with Crippen molar-refractivity contribution in [1.29, 1.82) is 0 Å². The van der Waals surface area contributed by atoms with Gasteiger partial charge >= 0.3 is 0 Å². The van der Waals surface area contributed by atoms with Crippen LogP contribution in [0.3, 0.4) is 0 Å². The zero-order valence-electron chi connectivity index (χ0n) is 9.31. The summed E-state index contributed by atoms with van der Waals surface area (Å²) < 4.78 is 0. The second kappa shape index (κ2) is 4.45. The largest absolute Gasteiger partial charge is 0.344 e. The van der Waals surface area contributed by atoms with Crippen LogP contribution >= 0.6 is 11.3 Å². The minimum atomic E-state index is 0.570. The molecule has 4 nitrogen and oxygen atoms in total. The Morgan fingerprint density at radius 2 is 2.27 bits per heavy atom. The van der Waals surface area contributed by atoms with Crippen molar-refractivity contribution in [1.82, 2.24) is 10.2 Å². The van der Waals surface area contributed by atoms with E-state index in [1.54, 1.807) is 11.3 Å². The fraction of sp³-hybridized carbons (Fsp3) is 0.800. The minimum absolute atomic E-state index is 0.570. The number of hydrogen-bond donors (Lipinski definition) is 1. The van der Waals surface area contributed by atoms with Gasteiger partial charge in [-0.3, -0.25) is 0 Å². The van der Waals surface area contributed by atoms with Crippen molar-refractivity contribution in [3.8, 4) is 0 Å². The third-order valence-corrected chi connectivity index (χ3v) is 3.95. The smallest absolute Gasteiger partial charge is 0.208 e. The van der Waals surface area contributed by atoms with Crippen LogP contribution in [0.1, 0.15) is 24.8 Å². The Bertz CT molecular complexity index is 325. The van der Waals surface area contributed by atoms with Gasteiger partial charge in [-0.2, -0.15) is 0 Å². The first kappa shape index (κ1) is 10.8. The Hall–Kier alpha value is -0.680. The lowest BCUT2D eigenvalue weighted by Crippen LogP contribution is -2.43. The van der Waals surface area contributed by atoms with Crippen molar-refractivity contribution in [3.63, 3.8) is 0 Å². The molecule has 5 heteroatoms. The van der Waals surface area contributed by atoms with E-state index in [1.165, 1.54) is 12.8 Å². The molecule has 0 aliphatic carbocycles. The van der Waals surface area contributed by atoms with Gasteiger partial charge < -0.3 is 10.6 Å². The summed E-state index contributed by atoms with van der Waals surface area (Å²) >= 11 is 1.67. The monoisotopic (exact) mass is 226 g/mol. The van der Waals surface area contributed by atoms with Gasteiger partial charge in [0.2, 0.25) is 5.13 Å². The van der Waals surface area contributed by atoms with Gasteiger partial charge in [-0.15, -0.1) is 10.2 Å². The molecule has 1 aromatic rings. The van der Waals surface area contributed by atoms with Crippen LogP contribution in [0.25, 0.3) is 0 Å². The Kier molecular flexibility index (Phi) is 3.21. The first-order valence-electron chi connectivity index (χ1n) is 5.47. The highest BCUT2D eigenvalue weighted by molar-refractivity contribution is 7.15. The molecule has 0 saturated carbocycles. The quantitative estimate of drug-likeness (QED) is 0.828. The summed E-state index contributed by atoms with van der Waals surface area (Å²) in [7, 11) is 0. The second-order valence-corrected chi connectivity index (χ2v) is 5.44. The predicted octanol–water partition coefficient (Wildman–Crippen LogP) is 1.41. The van der Waals surface area contributed by atoms with Crippen LogP contribution in [-0.4, -0.2) is 29.3 Å². The number of rotatable bonds is 2. The molecule has 0 spiro atoms. The molecule has 1 aliphatic rings. The number of nitrogens with two attached hydrogens (primary N) is 1. The topological polar surface area (TPSA) is 55.0 Å². The molecule has 2 heterocycles. The molecule has 2 rings (SSSR count).